The van der Waals surface area contributed by atoms with E-state index < -0.39 is 5.54 Å². The number of nitrogens with zero attached hydrogens (tertiary/aromatic N) is 1. The minimum absolute atomic E-state index is 0.0851. The first-order valence-corrected chi connectivity index (χ1v) is 5.89. The van der Waals surface area contributed by atoms with Crippen LogP contribution in [-0.2, 0) is 9.53 Å². The highest BCUT2D eigenvalue weighted by Crippen LogP contribution is 2.17. The highest BCUT2D eigenvalue weighted by Gasteiger charge is 2.36. The topological polar surface area (TPSA) is 41.6 Å². The lowest BCUT2D eigenvalue weighted by Crippen LogP contribution is -2.60. The molecule has 1 aliphatic rings. The van der Waals surface area contributed by atoms with Crippen LogP contribution in [-0.4, -0.2) is 48.2 Å². The van der Waals surface area contributed by atoms with Gasteiger partial charge in [0.05, 0.1) is 18.8 Å². The van der Waals surface area contributed by atoms with E-state index in [4.69, 9.17) is 4.74 Å². The number of hydrogen-bond donors (Lipinski definition) is 1. The van der Waals surface area contributed by atoms with E-state index in [9.17, 15) is 4.79 Å². The van der Waals surface area contributed by atoms with Crippen LogP contribution in [0.15, 0.2) is 0 Å². The minimum atomic E-state index is -0.461. The van der Waals surface area contributed by atoms with Crippen LogP contribution in [0.2, 0.25) is 0 Å². The molecule has 1 rings (SSSR count). The number of hydrogen-bond acceptors (Lipinski definition) is 3. The van der Waals surface area contributed by atoms with Crippen LogP contribution < -0.4 is 5.32 Å². The van der Waals surface area contributed by atoms with Crippen molar-refractivity contribution in [3.05, 3.63) is 0 Å². The molecule has 0 aliphatic carbocycles. The fourth-order valence-electron chi connectivity index (χ4n) is 1.76. The van der Waals surface area contributed by atoms with Crippen molar-refractivity contribution in [2.75, 3.05) is 26.3 Å². The normalized spacial score (nSPS) is 19.6. The Labute approximate surface area is 98.3 Å². The van der Waals surface area contributed by atoms with Gasteiger partial charge in [-0.05, 0) is 34.6 Å². The molecule has 1 N–H and O–H groups in total. The Morgan fingerprint density at radius 2 is 1.62 bits per heavy atom. The van der Waals surface area contributed by atoms with Crippen molar-refractivity contribution in [2.24, 2.45) is 0 Å². The molecule has 0 atom stereocenters. The van der Waals surface area contributed by atoms with Gasteiger partial charge in [-0.3, -0.25) is 9.69 Å². The molecule has 0 unspecified atom stereocenters. The molecule has 0 aromatic carbocycles. The van der Waals surface area contributed by atoms with E-state index in [2.05, 4.69) is 10.2 Å². The highest BCUT2D eigenvalue weighted by molar-refractivity contribution is 5.86. The lowest BCUT2D eigenvalue weighted by atomic mass is 9.98. The quantitative estimate of drug-likeness (QED) is 0.767. The number of rotatable bonds is 2. The van der Waals surface area contributed by atoms with Crippen molar-refractivity contribution >= 4 is 5.91 Å². The first kappa shape index (κ1) is 13.5. The van der Waals surface area contributed by atoms with E-state index in [1.807, 2.05) is 34.6 Å². The predicted octanol–water partition coefficient (Wildman–Crippen LogP) is 1.01. The Balaban J connectivity index is 2.64. The molecule has 4 nitrogen and oxygen atoms in total. The van der Waals surface area contributed by atoms with Gasteiger partial charge >= 0.3 is 0 Å². The maximum atomic E-state index is 12.2. The van der Waals surface area contributed by atoms with E-state index in [0.29, 0.717) is 13.2 Å². The molecule has 1 heterocycles. The number of morpholine rings is 1. The largest absolute Gasteiger partial charge is 0.379 e. The Morgan fingerprint density at radius 3 is 2.06 bits per heavy atom. The zero-order valence-corrected chi connectivity index (χ0v) is 11.1. The van der Waals surface area contributed by atoms with Crippen LogP contribution in [0.25, 0.3) is 0 Å². The van der Waals surface area contributed by atoms with Crippen LogP contribution in [0.4, 0.5) is 0 Å². The molecule has 1 saturated heterocycles. The first-order chi connectivity index (χ1) is 7.23. The molecule has 0 saturated carbocycles. The molecule has 0 radical (unpaired) electrons. The van der Waals surface area contributed by atoms with Crippen molar-refractivity contribution in [1.82, 2.24) is 10.2 Å². The molecular weight excluding hydrogens is 204 g/mol. The zero-order chi connectivity index (χ0) is 12.4. The predicted molar refractivity (Wildman–Crippen MR) is 64.4 cm³/mol. The van der Waals surface area contributed by atoms with Crippen LogP contribution in [0, 0.1) is 0 Å². The van der Waals surface area contributed by atoms with Crippen molar-refractivity contribution in [2.45, 2.75) is 45.7 Å². The second kappa shape index (κ2) is 4.72. The second-order valence-corrected chi connectivity index (χ2v) is 5.86. The van der Waals surface area contributed by atoms with Gasteiger partial charge < -0.3 is 10.1 Å². The zero-order valence-electron chi connectivity index (χ0n) is 11.1. The molecule has 1 fully saturated rings. The molecule has 0 aromatic rings. The summed E-state index contributed by atoms with van der Waals surface area (Å²) in [6.45, 7) is 13.0. The van der Waals surface area contributed by atoms with E-state index in [1.165, 1.54) is 0 Å². The molecule has 1 aliphatic heterocycles. The number of ether oxygens (including phenoxy) is 1. The molecule has 0 bridgehead atoms. The van der Waals surface area contributed by atoms with E-state index in [1.54, 1.807) is 0 Å². The van der Waals surface area contributed by atoms with Gasteiger partial charge in [-0.15, -0.1) is 0 Å². The summed E-state index contributed by atoms with van der Waals surface area (Å²) in [7, 11) is 0. The Hall–Kier alpha value is -0.610. The van der Waals surface area contributed by atoms with E-state index >= 15 is 0 Å². The number of nitrogens with one attached hydrogen (secondary N) is 1. The van der Waals surface area contributed by atoms with E-state index in [0.717, 1.165) is 13.1 Å². The second-order valence-electron chi connectivity index (χ2n) is 5.86. The molecule has 94 valence electrons. The molecule has 0 spiro atoms. The third-order valence-electron chi connectivity index (χ3n) is 2.85. The smallest absolute Gasteiger partial charge is 0.240 e. The third kappa shape index (κ3) is 3.46. The Bertz CT molecular complexity index is 250. The first-order valence-electron chi connectivity index (χ1n) is 5.89. The highest BCUT2D eigenvalue weighted by atomic mass is 16.5. The fraction of sp³-hybridized carbons (Fsp3) is 0.917. The van der Waals surface area contributed by atoms with Crippen LogP contribution in [0.1, 0.15) is 34.6 Å². The van der Waals surface area contributed by atoms with Gasteiger partial charge in [-0.25, -0.2) is 0 Å². The molecule has 1 amide bonds. The number of amides is 1. The van der Waals surface area contributed by atoms with Crippen molar-refractivity contribution in [3.63, 3.8) is 0 Å². The summed E-state index contributed by atoms with van der Waals surface area (Å²) in [6, 6.07) is 0. The Morgan fingerprint density at radius 1 is 1.12 bits per heavy atom. The summed E-state index contributed by atoms with van der Waals surface area (Å²) in [5.74, 6) is 0.0851. The molecule has 0 aromatic heterocycles. The number of carbonyl (C=O) groups excluding carboxylic acids is 1. The summed E-state index contributed by atoms with van der Waals surface area (Å²) in [5, 5.41) is 3.04. The van der Waals surface area contributed by atoms with Crippen molar-refractivity contribution in [3.8, 4) is 0 Å². The minimum Gasteiger partial charge on any atom is -0.379 e. The Kier molecular flexibility index (Phi) is 3.97. The number of carbonyl (C=O) groups is 1. The molecular formula is C12H24N2O2. The maximum absolute atomic E-state index is 12.2. The summed E-state index contributed by atoms with van der Waals surface area (Å²) in [4.78, 5) is 14.4. The van der Waals surface area contributed by atoms with Gasteiger partial charge in [0.25, 0.3) is 0 Å². The summed E-state index contributed by atoms with van der Waals surface area (Å²) >= 11 is 0. The molecule has 4 heteroatoms. The summed E-state index contributed by atoms with van der Waals surface area (Å²) < 4.78 is 5.30. The van der Waals surface area contributed by atoms with Gasteiger partial charge in [-0.2, -0.15) is 0 Å². The average molecular weight is 228 g/mol. The fourth-order valence-corrected chi connectivity index (χ4v) is 1.76. The van der Waals surface area contributed by atoms with Crippen molar-refractivity contribution < 1.29 is 9.53 Å². The van der Waals surface area contributed by atoms with Gasteiger partial charge in [0.2, 0.25) is 5.91 Å². The van der Waals surface area contributed by atoms with Crippen LogP contribution >= 0.6 is 0 Å². The lowest BCUT2D eigenvalue weighted by molar-refractivity contribution is -0.136. The van der Waals surface area contributed by atoms with Crippen molar-refractivity contribution in [1.29, 1.82) is 0 Å². The average Bonchev–Trinajstić information content (AvgIpc) is 2.16. The SMILES string of the molecule is CC(C)(C)NC(=O)C(C)(C)N1CCOCC1. The lowest BCUT2D eigenvalue weighted by Gasteiger charge is -2.40. The molecule has 16 heavy (non-hydrogen) atoms. The standard InChI is InChI=1S/C12H24N2O2/c1-11(2,3)13-10(15)12(4,5)14-6-8-16-9-7-14/h6-9H2,1-5H3,(H,13,15). The van der Waals surface area contributed by atoms with Crippen LogP contribution in [0.5, 0.6) is 0 Å². The maximum Gasteiger partial charge on any atom is 0.240 e. The van der Waals surface area contributed by atoms with Gasteiger partial charge in [0.15, 0.2) is 0 Å². The van der Waals surface area contributed by atoms with Gasteiger partial charge in [0, 0.05) is 18.6 Å². The third-order valence-corrected chi connectivity index (χ3v) is 2.85. The van der Waals surface area contributed by atoms with E-state index in [-0.39, 0.29) is 11.4 Å². The van der Waals surface area contributed by atoms with Gasteiger partial charge in [0.1, 0.15) is 0 Å². The van der Waals surface area contributed by atoms with Gasteiger partial charge in [-0.1, -0.05) is 0 Å². The summed E-state index contributed by atoms with van der Waals surface area (Å²) in [5.41, 5.74) is -0.641. The van der Waals surface area contributed by atoms with Crippen LogP contribution in [0.3, 0.4) is 0 Å². The monoisotopic (exact) mass is 228 g/mol. The summed E-state index contributed by atoms with van der Waals surface area (Å²) in [6.07, 6.45) is 0.